The van der Waals surface area contributed by atoms with Gasteiger partial charge in [0, 0.05) is 18.7 Å². The van der Waals surface area contributed by atoms with Gasteiger partial charge in [-0.15, -0.1) is 0 Å². The van der Waals surface area contributed by atoms with Gasteiger partial charge in [-0.3, -0.25) is 4.79 Å². The molecule has 1 amide bonds. The second-order valence-corrected chi connectivity index (χ2v) is 4.61. The maximum atomic E-state index is 12.1. The number of methoxy groups -OCH3 is 1. The summed E-state index contributed by atoms with van der Waals surface area (Å²) < 4.78 is 5.06. The number of nitrogens with two attached hydrogens (primary N) is 1. The Morgan fingerprint density at radius 2 is 2.00 bits per heavy atom. The summed E-state index contributed by atoms with van der Waals surface area (Å²) in [4.78, 5) is 13.8. The van der Waals surface area contributed by atoms with Crippen molar-refractivity contribution >= 4 is 5.91 Å². The first-order valence-electron chi connectivity index (χ1n) is 5.80. The highest BCUT2D eigenvalue weighted by Crippen LogP contribution is 2.24. The molecular formula is C13H18N2O2. The minimum absolute atomic E-state index is 0.0437. The lowest BCUT2D eigenvalue weighted by atomic mass is 9.88. The number of carbonyl (C=O) groups is 1. The van der Waals surface area contributed by atoms with Crippen LogP contribution in [-0.2, 0) is 0 Å². The van der Waals surface area contributed by atoms with Crippen LogP contribution < -0.4 is 10.5 Å². The third-order valence-electron chi connectivity index (χ3n) is 3.34. The average molecular weight is 234 g/mol. The Hall–Kier alpha value is -1.55. The molecule has 4 heteroatoms. The van der Waals surface area contributed by atoms with Crippen molar-refractivity contribution < 1.29 is 9.53 Å². The molecule has 17 heavy (non-hydrogen) atoms. The van der Waals surface area contributed by atoms with E-state index in [-0.39, 0.29) is 11.4 Å². The summed E-state index contributed by atoms with van der Waals surface area (Å²) in [7, 11) is 1.61. The van der Waals surface area contributed by atoms with E-state index in [1.807, 2.05) is 0 Å². The normalized spacial score (nSPS) is 17.5. The van der Waals surface area contributed by atoms with Crippen LogP contribution in [0, 0.1) is 0 Å². The molecule has 1 aromatic rings. The molecule has 0 bridgehead atoms. The first-order chi connectivity index (χ1) is 8.08. The van der Waals surface area contributed by atoms with E-state index in [0.29, 0.717) is 18.7 Å². The molecule has 92 valence electrons. The van der Waals surface area contributed by atoms with E-state index in [1.165, 1.54) is 0 Å². The molecule has 1 fully saturated rings. The maximum Gasteiger partial charge on any atom is 0.253 e. The zero-order valence-corrected chi connectivity index (χ0v) is 10.3. The number of benzene rings is 1. The van der Waals surface area contributed by atoms with Crippen molar-refractivity contribution in [2.24, 2.45) is 5.73 Å². The minimum atomic E-state index is -0.178. The third kappa shape index (κ3) is 2.26. The van der Waals surface area contributed by atoms with Gasteiger partial charge < -0.3 is 15.4 Å². The average Bonchev–Trinajstić information content (AvgIpc) is 2.34. The SMILES string of the molecule is CCC1(N)CN(C(=O)c2ccc(OC)cc2)C1. The van der Waals surface area contributed by atoms with Crippen LogP contribution in [0.2, 0.25) is 0 Å². The number of hydrogen-bond acceptors (Lipinski definition) is 3. The summed E-state index contributed by atoms with van der Waals surface area (Å²) in [5, 5.41) is 0. The van der Waals surface area contributed by atoms with Gasteiger partial charge in [0.05, 0.1) is 12.6 Å². The molecule has 1 heterocycles. The van der Waals surface area contributed by atoms with E-state index in [4.69, 9.17) is 10.5 Å². The Kier molecular flexibility index (Phi) is 3.07. The molecule has 2 rings (SSSR count). The van der Waals surface area contributed by atoms with Crippen LogP contribution in [0.1, 0.15) is 23.7 Å². The van der Waals surface area contributed by atoms with Gasteiger partial charge in [0.2, 0.25) is 0 Å². The van der Waals surface area contributed by atoms with E-state index in [2.05, 4.69) is 6.92 Å². The van der Waals surface area contributed by atoms with E-state index < -0.39 is 0 Å². The maximum absolute atomic E-state index is 12.1. The van der Waals surface area contributed by atoms with Crippen LogP contribution in [-0.4, -0.2) is 36.5 Å². The standard InChI is InChI=1S/C13H18N2O2/c1-3-13(14)8-15(9-13)12(16)10-4-6-11(17-2)7-5-10/h4-7H,3,8-9,14H2,1-2H3. The first kappa shape index (κ1) is 11.9. The van der Waals surface area contributed by atoms with Gasteiger partial charge in [-0.05, 0) is 30.7 Å². The van der Waals surface area contributed by atoms with Crippen molar-refractivity contribution in [2.45, 2.75) is 18.9 Å². The van der Waals surface area contributed by atoms with E-state index >= 15 is 0 Å². The van der Waals surface area contributed by atoms with Crippen molar-refractivity contribution in [3.63, 3.8) is 0 Å². The first-order valence-corrected chi connectivity index (χ1v) is 5.80. The Bertz CT molecular complexity index is 408. The predicted octanol–water partition coefficient (Wildman–Crippen LogP) is 1.26. The second-order valence-electron chi connectivity index (χ2n) is 4.61. The lowest BCUT2D eigenvalue weighted by Gasteiger charge is -2.47. The van der Waals surface area contributed by atoms with Crippen molar-refractivity contribution in [2.75, 3.05) is 20.2 Å². The summed E-state index contributed by atoms with van der Waals surface area (Å²) >= 11 is 0. The quantitative estimate of drug-likeness (QED) is 0.856. The van der Waals surface area contributed by atoms with E-state index in [0.717, 1.165) is 12.2 Å². The van der Waals surface area contributed by atoms with Crippen molar-refractivity contribution in [3.8, 4) is 5.75 Å². The number of likely N-dealkylation sites (tertiary alicyclic amines) is 1. The summed E-state index contributed by atoms with van der Waals surface area (Å²) in [6.07, 6.45) is 0.902. The zero-order chi connectivity index (χ0) is 12.5. The summed E-state index contributed by atoms with van der Waals surface area (Å²) in [6.45, 7) is 3.35. The molecule has 0 aromatic heterocycles. The number of ether oxygens (including phenoxy) is 1. The van der Waals surface area contributed by atoms with Gasteiger partial charge in [-0.2, -0.15) is 0 Å². The van der Waals surface area contributed by atoms with Crippen LogP contribution >= 0.6 is 0 Å². The topological polar surface area (TPSA) is 55.6 Å². The Morgan fingerprint density at radius 3 is 2.47 bits per heavy atom. The highest BCUT2D eigenvalue weighted by molar-refractivity contribution is 5.95. The lowest BCUT2D eigenvalue weighted by Crippen LogP contribution is -2.68. The predicted molar refractivity (Wildman–Crippen MR) is 66.1 cm³/mol. The van der Waals surface area contributed by atoms with Crippen LogP contribution in [0.4, 0.5) is 0 Å². The van der Waals surface area contributed by atoms with Gasteiger partial charge in [0.15, 0.2) is 0 Å². The van der Waals surface area contributed by atoms with Crippen LogP contribution in [0.15, 0.2) is 24.3 Å². The fourth-order valence-corrected chi connectivity index (χ4v) is 2.00. The Morgan fingerprint density at radius 1 is 1.41 bits per heavy atom. The minimum Gasteiger partial charge on any atom is -0.497 e. The Balaban J connectivity index is 2.01. The Labute approximate surface area is 101 Å². The highest BCUT2D eigenvalue weighted by Gasteiger charge is 2.40. The second kappa shape index (κ2) is 4.37. The van der Waals surface area contributed by atoms with Crippen molar-refractivity contribution in [3.05, 3.63) is 29.8 Å². The smallest absolute Gasteiger partial charge is 0.253 e. The summed E-state index contributed by atoms with van der Waals surface area (Å²) in [6, 6.07) is 7.15. The van der Waals surface area contributed by atoms with Gasteiger partial charge in [-0.1, -0.05) is 6.92 Å². The molecule has 0 atom stereocenters. The summed E-state index contributed by atoms with van der Waals surface area (Å²) in [5.41, 5.74) is 6.55. The fourth-order valence-electron chi connectivity index (χ4n) is 2.00. The summed E-state index contributed by atoms with van der Waals surface area (Å²) in [5.74, 6) is 0.800. The van der Waals surface area contributed by atoms with Crippen LogP contribution in [0.5, 0.6) is 5.75 Å². The number of rotatable bonds is 3. The van der Waals surface area contributed by atoms with Gasteiger partial charge in [-0.25, -0.2) is 0 Å². The number of carbonyl (C=O) groups excluding carboxylic acids is 1. The highest BCUT2D eigenvalue weighted by atomic mass is 16.5. The third-order valence-corrected chi connectivity index (χ3v) is 3.34. The lowest BCUT2D eigenvalue weighted by molar-refractivity contribution is 0.0401. The molecule has 0 unspecified atom stereocenters. The molecular weight excluding hydrogens is 216 g/mol. The zero-order valence-electron chi connectivity index (χ0n) is 10.3. The molecule has 1 aromatic carbocycles. The van der Waals surface area contributed by atoms with Gasteiger partial charge in [0.1, 0.15) is 5.75 Å². The molecule has 0 aliphatic carbocycles. The molecule has 4 nitrogen and oxygen atoms in total. The van der Waals surface area contributed by atoms with Crippen LogP contribution in [0.25, 0.3) is 0 Å². The number of nitrogens with zero attached hydrogens (tertiary/aromatic N) is 1. The largest absolute Gasteiger partial charge is 0.497 e. The number of hydrogen-bond donors (Lipinski definition) is 1. The molecule has 0 saturated carbocycles. The molecule has 1 saturated heterocycles. The fraction of sp³-hybridized carbons (Fsp3) is 0.462. The van der Waals surface area contributed by atoms with E-state index in [9.17, 15) is 4.79 Å². The van der Waals surface area contributed by atoms with Gasteiger partial charge in [0.25, 0.3) is 5.91 Å². The molecule has 0 spiro atoms. The molecule has 2 N–H and O–H groups in total. The van der Waals surface area contributed by atoms with Crippen molar-refractivity contribution in [1.29, 1.82) is 0 Å². The van der Waals surface area contributed by atoms with Crippen molar-refractivity contribution in [1.82, 2.24) is 4.90 Å². The van der Waals surface area contributed by atoms with E-state index in [1.54, 1.807) is 36.3 Å². The monoisotopic (exact) mass is 234 g/mol. The molecule has 1 aliphatic heterocycles. The molecule has 0 radical (unpaired) electrons. The van der Waals surface area contributed by atoms with Crippen LogP contribution in [0.3, 0.4) is 0 Å². The van der Waals surface area contributed by atoms with Gasteiger partial charge >= 0.3 is 0 Å². The molecule has 1 aliphatic rings. The number of amides is 1.